The van der Waals surface area contributed by atoms with Crippen LogP contribution in [0, 0.1) is 11.8 Å². The molecule has 3 N–H and O–H groups in total. The Bertz CT molecular complexity index is 749. The molecule has 1 aromatic carbocycles. The van der Waals surface area contributed by atoms with Gasteiger partial charge >= 0.3 is 5.97 Å². The van der Waals surface area contributed by atoms with Crippen LogP contribution in [0.15, 0.2) is 29.2 Å². The van der Waals surface area contributed by atoms with Crippen molar-refractivity contribution in [1.29, 1.82) is 0 Å². The minimum Gasteiger partial charge on any atom is -0.477 e. The van der Waals surface area contributed by atoms with Gasteiger partial charge in [0.05, 0.1) is 6.61 Å². The zero-order valence-electron chi connectivity index (χ0n) is 9.93. The number of H-pyrrole nitrogens is 1. The highest BCUT2D eigenvalue weighted by Gasteiger charge is 2.11. The predicted octanol–water partition coefficient (Wildman–Crippen LogP) is 0.960. The molecule has 0 bridgehead atoms. The second kappa shape index (κ2) is 5.38. The van der Waals surface area contributed by atoms with Gasteiger partial charge in [0.15, 0.2) is 0 Å². The number of carbonyl (C=O) groups is 1. The number of aromatic amines is 1. The van der Waals surface area contributed by atoms with Crippen LogP contribution >= 0.6 is 0 Å². The molecule has 2 aromatic rings. The van der Waals surface area contributed by atoms with Crippen molar-refractivity contribution >= 4 is 16.9 Å². The van der Waals surface area contributed by atoms with Gasteiger partial charge in [-0.05, 0) is 18.2 Å². The van der Waals surface area contributed by atoms with E-state index in [1.807, 2.05) is 0 Å². The molecule has 1 heterocycles. The lowest BCUT2D eigenvalue weighted by molar-refractivity contribution is 0.0695. The molecule has 5 heteroatoms. The zero-order valence-corrected chi connectivity index (χ0v) is 9.93. The molecule has 0 radical (unpaired) electrons. The topological polar surface area (TPSA) is 90.4 Å². The first-order valence-electron chi connectivity index (χ1n) is 5.62. The quantitative estimate of drug-likeness (QED) is 0.699. The molecule has 0 atom stereocenters. The molecule has 0 aliphatic heterocycles. The maximum Gasteiger partial charge on any atom is 0.341 e. The maximum atomic E-state index is 12.0. The molecule has 0 aliphatic carbocycles. The Balaban J connectivity index is 2.58. The molecule has 0 unspecified atom stereocenters. The third-order valence-corrected chi connectivity index (χ3v) is 2.58. The van der Waals surface area contributed by atoms with E-state index < -0.39 is 11.4 Å². The van der Waals surface area contributed by atoms with Crippen molar-refractivity contribution in [2.75, 3.05) is 6.61 Å². The molecule has 0 aliphatic rings. The number of carboxylic acids is 1. The van der Waals surface area contributed by atoms with Gasteiger partial charge in [-0.3, -0.25) is 4.79 Å². The minimum atomic E-state index is -1.26. The molecule has 0 fully saturated rings. The molecule has 5 nitrogen and oxygen atoms in total. The summed E-state index contributed by atoms with van der Waals surface area (Å²) in [6.45, 7) is -0.0235. The van der Waals surface area contributed by atoms with Crippen LogP contribution < -0.4 is 5.43 Å². The molecular formula is C14H11NO4. The summed E-state index contributed by atoms with van der Waals surface area (Å²) >= 11 is 0. The van der Waals surface area contributed by atoms with E-state index in [4.69, 9.17) is 10.2 Å². The number of aliphatic hydroxyl groups excluding tert-OH is 1. The molecule has 0 saturated carbocycles. The molecule has 1 aromatic heterocycles. The van der Waals surface area contributed by atoms with Gasteiger partial charge in [0.25, 0.3) is 0 Å². The summed E-state index contributed by atoms with van der Waals surface area (Å²) in [5, 5.41) is 17.8. The second-order valence-electron chi connectivity index (χ2n) is 3.87. The summed E-state index contributed by atoms with van der Waals surface area (Å²) in [5.41, 5.74) is 0.330. The number of fused-ring (bicyclic) bond motifs is 1. The molecular weight excluding hydrogens is 246 g/mol. The summed E-state index contributed by atoms with van der Waals surface area (Å²) in [5.74, 6) is 4.28. The number of rotatable bonds is 2. The summed E-state index contributed by atoms with van der Waals surface area (Å²) in [6, 6.07) is 4.94. The van der Waals surface area contributed by atoms with Gasteiger partial charge in [-0.25, -0.2) is 4.79 Å². The molecule has 2 rings (SSSR count). The molecule has 0 spiro atoms. The van der Waals surface area contributed by atoms with E-state index in [0.29, 0.717) is 17.5 Å². The largest absolute Gasteiger partial charge is 0.477 e. The number of aliphatic hydroxyl groups is 1. The normalized spacial score (nSPS) is 9.95. The van der Waals surface area contributed by atoms with E-state index in [2.05, 4.69) is 16.8 Å². The Kier molecular flexibility index (Phi) is 3.64. The van der Waals surface area contributed by atoms with Crippen LogP contribution in [0.3, 0.4) is 0 Å². The molecule has 0 saturated heterocycles. The van der Waals surface area contributed by atoms with Crippen LogP contribution in [0.25, 0.3) is 10.9 Å². The van der Waals surface area contributed by atoms with Crippen LogP contribution in [-0.2, 0) is 0 Å². The lowest BCUT2D eigenvalue weighted by Crippen LogP contribution is -2.15. The number of nitrogens with one attached hydrogen (secondary N) is 1. The number of aromatic carboxylic acids is 1. The number of pyridine rings is 1. The van der Waals surface area contributed by atoms with Crippen molar-refractivity contribution in [1.82, 2.24) is 4.98 Å². The van der Waals surface area contributed by atoms with Crippen molar-refractivity contribution in [3.8, 4) is 11.8 Å². The summed E-state index contributed by atoms with van der Waals surface area (Å²) in [4.78, 5) is 25.6. The first-order chi connectivity index (χ1) is 9.13. The molecule has 19 heavy (non-hydrogen) atoms. The van der Waals surface area contributed by atoms with Crippen LogP contribution in [0.5, 0.6) is 0 Å². The van der Waals surface area contributed by atoms with Gasteiger partial charge < -0.3 is 15.2 Å². The Morgan fingerprint density at radius 3 is 2.84 bits per heavy atom. The first kappa shape index (κ1) is 12.9. The third-order valence-electron chi connectivity index (χ3n) is 2.58. The number of aromatic nitrogens is 1. The average molecular weight is 257 g/mol. The van der Waals surface area contributed by atoms with E-state index >= 15 is 0 Å². The Morgan fingerprint density at radius 1 is 1.37 bits per heavy atom. The van der Waals surface area contributed by atoms with Crippen LogP contribution in [0.4, 0.5) is 0 Å². The SMILES string of the molecule is O=C(O)c1c[nH]c2ccc(C#CCCO)cc2c1=O. The summed E-state index contributed by atoms with van der Waals surface area (Å²) < 4.78 is 0. The fourth-order valence-electron chi connectivity index (χ4n) is 1.68. The smallest absolute Gasteiger partial charge is 0.341 e. The Labute approximate surface area is 108 Å². The van der Waals surface area contributed by atoms with E-state index in [0.717, 1.165) is 0 Å². The lowest BCUT2D eigenvalue weighted by atomic mass is 10.1. The van der Waals surface area contributed by atoms with Crippen LogP contribution in [0.2, 0.25) is 0 Å². The van der Waals surface area contributed by atoms with Crippen LogP contribution in [-0.4, -0.2) is 27.8 Å². The average Bonchev–Trinajstić information content (AvgIpc) is 2.39. The van der Waals surface area contributed by atoms with E-state index in [-0.39, 0.29) is 17.6 Å². The lowest BCUT2D eigenvalue weighted by Gasteiger charge is -2.00. The number of benzene rings is 1. The monoisotopic (exact) mass is 257 g/mol. The molecule has 0 amide bonds. The highest BCUT2D eigenvalue weighted by Crippen LogP contribution is 2.10. The van der Waals surface area contributed by atoms with Gasteiger partial charge in [-0.1, -0.05) is 11.8 Å². The van der Waals surface area contributed by atoms with Crippen LogP contribution in [0.1, 0.15) is 22.3 Å². The fraction of sp³-hybridized carbons (Fsp3) is 0.143. The highest BCUT2D eigenvalue weighted by molar-refractivity contribution is 5.92. The van der Waals surface area contributed by atoms with E-state index in [1.165, 1.54) is 6.20 Å². The van der Waals surface area contributed by atoms with E-state index in [1.54, 1.807) is 18.2 Å². The van der Waals surface area contributed by atoms with Gasteiger partial charge in [-0.15, -0.1) is 0 Å². The second-order valence-corrected chi connectivity index (χ2v) is 3.87. The number of carboxylic acid groups (broad SMARTS) is 1. The third kappa shape index (κ3) is 2.64. The van der Waals surface area contributed by atoms with Gasteiger partial charge in [0.1, 0.15) is 5.56 Å². The van der Waals surface area contributed by atoms with E-state index in [9.17, 15) is 9.59 Å². The minimum absolute atomic E-state index is 0.0235. The highest BCUT2D eigenvalue weighted by atomic mass is 16.4. The fourth-order valence-corrected chi connectivity index (χ4v) is 1.68. The van der Waals surface area contributed by atoms with Gasteiger partial charge in [0.2, 0.25) is 5.43 Å². The van der Waals surface area contributed by atoms with Gasteiger partial charge in [0, 0.05) is 29.1 Å². The zero-order chi connectivity index (χ0) is 13.8. The number of hydrogen-bond acceptors (Lipinski definition) is 3. The predicted molar refractivity (Wildman–Crippen MR) is 70.1 cm³/mol. The Hall–Kier alpha value is -2.58. The summed E-state index contributed by atoms with van der Waals surface area (Å²) in [7, 11) is 0. The van der Waals surface area contributed by atoms with Crippen molar-refractivity contribution in [2.24, 2.45) is 0 Å². The Morgan fingerprint density at radius 2 is 2.16 bits per heavy atom. The standard InChI is InChI=1S/C14H11NO4/c16-6-2-1-3-9-4-5-12-10(7-9)13(17)11(8-15-12)14(18)19/h4-5,7-8,16H,2,6H2,(H,15,17)(H,18,19). The van der Waals surface area contributed by atoms with Crippen molar-refractivity contribution in [3.05, 3.63) is 45.7 Å². The maximum absolute atomic E-state index is 12.0. The first-order valence-corrected chi connectivity index (χ1v) is 5.62. The van der Waals surface area contributed by atoms with Gasteiger partial charge in [-0.2, -0.15) is 0 Å². The molecule has 96 valence electrons. The van der Waals surface area contributed by atoms with Crippen molar-refractivity contribution in [3.63, 3.8) is 0 Å². The van der Waals surface area contributed by atoms with Crippen molar-refractivity contribution < 1.29 is 15.0 Å². The number of hydrogen-bond donors (Lipinski definition) is 3. The van der Waals surface area contributed by atoms with Crippen molar-refractivity contribution in [2.45, 2.75) is 6.42 Å². The summed E-state index contributed by atoms with van der Waals surface area (Å²) in [6.07, 6.45) is 1.54.